The molecule has 8 heteroatoms. The minimum Gasteiger partial charge on any atom is -0.466 e. The van der Waals surface area contributed by atoms with Crippen molar-refractivity contribution in [3.05, 3.63) is 64.9 Å². The van der Waals surface area contributed by atoms with Crippen molar-refractivity contribution in [2.45, 2.75) is 32.6 Å². The molecule has 0 unspecified atom stereocenters. The zero-order valence-corrected chi connectivity index (χ0v) is 17.0. The number of hydrogen-bond acceptors (Lipinski definition) is 5. The molecule has 0 spiro atoms. The summed E-state index contributed by atoms with van der Waals surface area (Å²) in [5.74, 6) is 0.606. The molecule has 7 nitrogen and oxygen atoms in total. The standard InChI is InChI=1S/C20H22N4O3S/c1-12-10-17(15(4)27-12)20(26)22-21-18(25)11-28-19-13(2)23-24(14(19)3)16-8-6-5-7-9-16/h5-10H,11H2,1-4H3,(H,21,25)(H,22,26). The summed E-state index contributed by atoms with van der Waals surface area (Å²) in [5.41, 5.74) is 8.05. The molecule has 0 aliphatic rings. The van der Waals surface area contributed by atoms with Crippen LogP contribution in [0.25, 0.3) is 5.69 Å². The Morgan fingerprint density at radius 2 is 1.82 bits per heavy atom. The lowest BCUT2D eigenvalue weighted by atomic mass is 10.2. The van der Waals surface area contributed by atoms with E-state index in [1.165, 1.54) is 11.8 Å². The largest absolute Gasteiger partial charge is 0.466 e. The average molecular weight is 398 g/mol. The van der Waals surface area contributed by atoms with Crippen molar-refractivity contribution < 1.29 is 14.0 Å². The van der Waals surface area contributed by atoms with Crippen LogP contribution in [-0.2, 0) is 4.79 Å². The predicted octanol–water partition coefficient (Wildman–Crippen LogP) is 3.25. The number of aryl methyl sites for hydroxylation is 3. The smallest absolute Gasteiger partial charge is 0.273 e. The Balaban J connectivity index is 1.58. The van der Waals surface area contributed by atoms with Gasteiger partial charge in [-0.15, -0.1) is 11.8 Å². The fourth-order valence-electron chi connectivity index (χ4n) is 2.88. The lowest BCUT2D eigenvalue weighted by Crippen LogP contribution is -2.42. The van der Waals surface area contributed by atoms with Gasteiger partial charge in [0.05, 0.1) is 33.3 Å². The van der Waals surface area contributed by atoms with Gasteiger partial charge in [-0.3, -0.25) is 20.4 Å². The lowest BCUT2D eigenvalue weighted by Gasteiger charge is -2.07. The van der Waals surface area contributed by atoms with Crippen molar-refractivity contribution in [1.82, 2.24) is 20.6 Å². The number of benzene rings is 1. The summed E-state index contributed by atoms with van der Waals surface area (Å²) >= 11 is 1.39. The summed E-state index contributed by atoms with van der Waals surface area (Å²) in [6.07, 6.45) is 0. The monoisotopic (exact) mass is 398 g/mol. The number of hydrogen-bond donors (Lipinski definition) is 2. The van der Waals surface area contributed by atoms with Crippen molar-refractivity contribution in [3.63, 3.8) is 0 Å². The number of carbonyl (C=O) groups excluding carboxylic acids is 2. The quantitative estimate of drug-likeness (QED) is 0.509. The van der Waals surface area contributed by atoms with Gasteiger partial charge in [0, 0.05) is 0 Å². The zero-order chi connectivity index (χ0) is 20.3. The fourth-order valence-corrected chi connectivity index (χ4v) is 3.77. The predicted molar refractivity (Wildman–Crippen MR) is 108 cm³/mol. The molecule has 146 valence electrons. The Morgan fingerprint density at radius 3 is 2.46 bits per heavy atom. The molecule has 0 aliphatic heterocycles. The maximum atomic E-state index is 12.1. The minimum atomic E-state index is -0.406. The first-order valence-corrected chi connectivity index (χ1v) is 9.76. The molecule has 0 atom stereocenters. The molecule has 2 amide bonds. The molecule has 0 fully saturated rings. The molecule has 0 radical (unpaired) electrons. The molecule has 0 saturated carbocycles. The minimum absolute atomic E-state index is 0.159. The van der Waals surface area contributed by atoms with Crippen LogP contribution < -0.4 is 10.9 Å². The van der Waals surface area contributed by atoms with Gasteiger partial charge in [0.2, 0.25) is 5.91 Å². The van der Waals surface area contributed by atoms with E-state index in [-0.39, 0.29) is 11.7 Å². The molecule has 0 bridgehead atoms. The fraction of sp³-hybridized carbons (Fsp3) is 0.250. The van der Waals surface area contributed by atoms with E-state index in [9.17, 15) is 9.59 Å². The van der Waals surface area contributed by atoms with Gasteiger partial charge >= 0.3 is 0 Å². The number of aromatic nitrogens is 2. The van der Waals surface area contributed by atoms with Crippen molar-refractivity contribution in [1.29, 1.82) is 0 Å². The number of rotatable bonds is 5. The molecule has 2 heterocycles. The van der Waals surface area contributed by atoms with E-state index in [2.05, 4.69) is 16.0 Å². The van der Waals surface area contributed by atoms with Crippen molar-refractivity contribution in [2.24, 2.45) is 0 Å². The van der Waals surface area contributed by atoms with Crippen LogP contribution in [0.1, 0.15) is 33.3 Å². The number of amides is 2. The Bertz CT molecular complexity index is 1010. The molecule has 0 aliphatic carbocycles. The average Bonchev–Trinajstić information content (AvgIpc) is 3.16. The van der Waals surface area contributed by atoms with Crippen molar-refractivity contribution in [3.8, 4) is 5.69 Å². The summed E-state index contributed by atoms with van der Waals surface area (Å²) in [6, 6.07) is 11.5. The summed E-state index contributed by atoms with van der Waals surface area (Å²) in [6.45, 7) is 7.35. The topological polar surface area (TPSA) is 89.2 Å². The zero-order valence-electron chi connectivity index (χ0n) is 16.2. The maximum Gasteiger partial charge on any atom is 0.273 e. The third-order valence-corrected chi connectivity index (χ3v) is 5.46. The summed E-state index contributed by atoms with van der Waals surface area (Å²) in [5, 5.41) is 4.57. The van der Waals surface area contributed by atoms with Gasteiger partial charge in [-0.05, 0) is 45.9 Å². The van der Waals surface area contributed by atoms with Crippen LogP contribution >= 0.6 is 11.8 Å². The number of carbonyl (C=O) groups is 2. The van der Waals surface area contributed by atoms with Gasteiger partial charge in [-0.1, -0.05) is 18.2 Å². The first kappa shape index (κ1) is 19.8. The van der Waals surface area contributed by atoms with Gasteiger partial charge < -0.3 is 4.42 Å². The second-order valence-corrected chi connectivity index (χ2v) is 7.35. The highest BCUT2D eigenvalue weighted by Crippen LogP contribution is 2.27. The Labute approximate surface area is 167 Å². The van der Waals surface area contributed by atoms with E-state index in [0.717, 1.165) is 22.0 Å². The third kappa shape index (κ3) is 4.28. The van der Waals surface area contributed by atoms with Crippen LogP contribution in [0.3, 0.4) is 0 Å². The van der Waals surface area contributed by atoms with Crippen molar-refractivity contribution in [2.75, 3.05) is 5.75 Å². The SMILES string of the molecule is Cc1cc(C(=O)NNC(=O)CSc2c(C)nn(-c3ccccc3)c2C)c(C)o1. The number of nitrogens with zero attached hydrogens (tertiary/aromatic N) is 2. The molecule has 3 rings (SSSR count). The summed E-state index contributed by atoms with van der Waals surface area (Å²) < 4.78 is 7.19. The molecule has 1 aromatic carbocycles. The second-order valence-electron chi connectivity index (χ2n) is 6.37. The van der Waals surface area contributed by atoms with Crippen LogP contribution in [0.5, 0.6) is 0 Å². The Morgan fingerprint density at radius 1 is 1.11 bits per heavy atom. The van der Waals surface area contributed by atoms with Crippen LogP contribution in [0.15, 0.2) is 45.7 Å². The van der Waals surface area contributed by atoms with Crippen molar-refractivity contribution >= 4 is 23.6 Å². The highest BCUT2D eigenvalue weighted by atomic mass is 32.2. The highest BCUT2D eigenvalue weighted by Gasteiger charge is 2.16. The van der Waals surface area contributed by atoms with Crippen LogP contribution in [0.2, 0.25) is 0 Å². The number of para-hydroxylation sites is 1. The van der Waals surface area contributed by atoms with Gasteiger partial charge in [-0.25, -0.2) is 4.68 Å². The first-order chi connectivity index (χ1) is 13.4. The molecule has 2 aromatic heterocycles. The number of furan rings is 1. The van der Waals surface area contributed by atoms with E-state index in [0.29, 0.717) is 17.1 Å². The van der Waals surface area contributed by atoms with E-state index in [1.54, 1.807) is 19.9 Å². The number of hydrazine groups is 1. The van der Waals surface area contributed by atoms with E-state index >= 15 is 0 Å². The molecule has 28 heavy (non-hydrogen) atoms. The van der Waals surface area contributed by atoms with Crippen LogP contribution in [-0.4, -0.2) is 27.3 Å². The van der Waals surface area contributed by atoms with E-state index in [1.807, 2.05) is 48.9 Å². The van der Waals surface area contributed by atoms with Crippen LogP contribution in [0, 0.1) is 27.7 Å². The summed E-state index contributed by atoms with van der Waals surface area (Å²) in [7, 11) is 0. The second kappa shape index (κ2) is 8.35. The number of nitrogens with one attached hydrogen (secondary N) is 2. The normalized spacial score (nSPS) is 10.7. The molecular weight excluding hydrogens is 376 g/mol. The number of thioether (sulfide) groups is 1. The highest BCUT2D eigenvalue weighted by molar-refractivity contribution is 8.00. The maximum absolute atomic E-state index is 12.1. The van der Waals surface area contributed by atoms with E-state index in [4.69, 9.17) is 4.42 Å². The van der Waals surface area contributed by atoms with E-state index < -0.39 is 5.91 Å². The molecule has 3 aromatic rings. The third-order valence-electron chi connectivity index (χ3n) is 4.17. The Kier molecular flexibility index (Phi) is 5.89. The van der Waals surface area contributed by atoms with Gasteiger partial charge in [0.25, 0.3) is 5.91 Å². The Hall–Kier alpha value is -3.00. The van der Waals surface area contributed by atoms with Gasteiger partial charge in [-0.2, -0.15) is 5.10 Å². The van der Waals surface area contributed by atoms with Gasteiger partial charge in [0.1, 0.15) is 11.5 Å². The lowest BCUT2D eigenvalue weighted by molar-refractivity contribution is -0.119. The molecular formula is C20H22N4O3S. The first-order valence-electron chi connectivity index (χ1n) is 8.77. The van der Waals surface area contributed by atoms with Gasteiger partial charge in [0.15, 0.2) is 0 Å². The molecule has 0 saturated heterocycles. The molecule has 2 N–H and O–H groups in total. The summed E-state index contributed by atoms with van der Waals surface area (Å²) in [4.78, 5) is 25.2. The van der Waals surface area contributed by atoms with Crippen LogP contribution in [0.4, 0.5) is 0 Å².